The van der Waals surface area contributed by atoms with Crippen LogP contribution in [0.1, 0.15) is 25.7 Å². The van der Waals surface area contributed by atoms with E-state index in [0.717, 1.165) is 0 Å². The molecule has 0 radical (unpaired) electrons. The van der Waals surface area contributed by atoms with Crippen LogP contribution in [0.2, 0.25) is 0 Å². The van der Waals surface area contributed by atoms with Crippen molar-refractivity contribution in [2.75, 3.05) is 13.7 Å². The number of tetrazole rings is 1. The lowest BCUT2D eigenvalue weighted by Gasteiger charge is -2.44. The molecule has 3 unspecified atom stereocenters. The molecule has 2 aromatic rings. The van der Waals surface area contributed by atoms with E-state index in [9.17, 15) is 9.59 Å². The SMILES string of the molecule is COc1ccc(OCC(=O)NC2C(=O)N3C2SC(C)(C)C3c2nnn[nH]2)cc1. The van der Waals surface area contributed by atoms with Gasteiger partial charge in [0.05, 0.1) is 7.11 Å². The Balaban J connectivity index is 1.36. The van der Waals surface area contributed by atoms with E-state index in [4.69, 9.17) is 9.47 Å². The van der Waals surface area contributed by atoms with Crippen LogP contribution in [-0.4, -0.2) is 67.2 Å². The third-order valence-electron chi connectivity index (χ3n) is 4.81. The van der Waals surface area contributed by atoms with Gasteiger partial charge in [0.2, 0.25) is 5.91 Å². The number of methoxy groups -OCH3 is 1. The number of hydrogen-bond donors (Lipinski definition) is 2. The molecule has 2 N–H and O–H groups in total. The number of thioether (sulfide) groups is 1. The van der Waals surface area contributed by atoms with E-state index in [1.165, 1.54) is 0 Å². The largest absolute Gasteiger partial charge is 0.497 e. The van der Waals surface area contributed by atoms with Gasteiger partial charge in [0, 0.05) is 4.75 Å². The Hall–Kier alpha value is -2.82. The average Bonchev–Trinajstić information content (AvgIpc) is 3.29. The van der Waals surface area contributed by atoms with Gasteiger partial charge in [0.1, 0.15) is 29.0 Å². The van der Waals surface area contributed by atoms with Gasteiger partial charge in [-0.25, -0.2) is 5.10 Å². The molecule has 2 amide bonds. The Morgan fingerprint density at radius 1 is 1.32 bits per heavy atom. The fourth-order valence-electron chi connectivity index (χ4n) is 3.51. The zero-order valence-electron chi connectivity index (χ0n) is 15.6. The highest BCUT2D eigenvalue weighted by molar-refractivity contribution is 8.01. The minimum Gasteiger partial charge on any atom is -0.497 e. The van der Waals surface area contributed by atoms with Gasteiger partial charge in [0.25, 0.3) is 5.91 Å². The quantitative estimate of drug-likeness (QED) is 0.668. The standard InChI is InChI=1S/C17H20N6O4S/c1-17(2)13(14-19-21-22-20-14)23-15(25)12(16(23)28-17)18-11(24)8-27-10-6-4-9(26-3)5-7-10/h4-7,12-13,16H,8H2,1-3H3,(H,18,24)(H,19,20,21,22). The molecular weight excluding hydrogens is 384 g/mol. The third kappa shape index (κ3) is 3.15. The Bertz CT molecular complexity index is 872. The van der Waals surface area contributed by atoms with E-state index in [2.05, 4.69) is 25.9 Å². The van der Waals surface area contributed by atoms with Gasteiger partial charge < -0.3 is 19.7 Å². The van der Waals surface area contributed by atoms with Crippen LogP contribution in [-0.2, 0) is 9.59 Å². The fourth-order valence-corrected chi connectivity index (χ4v) is 5.14. The maximum Gasteiger partial charge on any atom is 0.258 e. The topological polar surface area (TPSA) is 122 Å². The molecule has 3 atom stereocenters. The Kier molecular flexibility index (Phi) is 4.61. The molecule has 11 heteroatoms. The van der Waals surface area contributed by atoms with Gasteiger partial charge in [-0.05, 0) is 48.5 Å². The van der Waals surface area contributed by atoms with Crippen molar-refractivity contribution in [2.45, 2.75) is 36.1 Å². The highest BCUT2D eigenvalue weighted by Crippen LogP contribution is 2.56. The molecule has 1 aromatic heterocycles. The number of rotatable bonds is 6. The first-order valence-corrected chi connectivity index (χ1v) is 9.58. The summed E-state index contributed by atoms with van der Waals surface area (Å²) in [6, 6.07) is 6.07. The van der Waals surface area contributed by atoms with Crippen molar-refractivity contribution in [1.82, 2.24) is 30.8 Å². The zero-order chi connectivity index (χ0) is 19.9. The first-order chi connectivity index (χ1) is 13.4. The van der Waals surface area contributed by atoms with Crippen molar-refractivity contribution in [2.24, 2.45) is 0 Å². The number of amides is 2. The van der Waals surface area contributed by atoms with Crippen molar-refractivity contribution >= 4 is 23.6 Å². The number of nitrogens with zero attached hydrogens (tertiary/aromatic N) is 4. The minimum atomic E-state index is -0.586. The summed E-state index contributed by atoms with van der Waals surface area (Å²) >= 11 is 1.62. The van der Waals surface area contributed by atoms with Gasteiger partial charge in [-0.2, -0.15) is 0 Å². The summed E-state index contributed by atoms with van der Waals surface area (Å²) in [6.07, 6.45) is 0. The first kappa shape index (κ1) is 18.5. The molecule has 4 rings (SSSR count). The molecule has 0 saturated carbocycles. The second-order valence-electron chi connectivity index (χ2n) is 7.06. The number of ether oxygens (including phenoxy) is 2. The molecule has 1 aromatic carbocycles. The molecule has 2 aliphatic heterocycles. The van der Waals surface area contributed by atoms with Crippen LogP contribution in [0.25, 0.3) is 0 Å². The van der Waals surface area contributed by atoms with Gasteiger partial charge in [-0.15, -0.1) is 16.9 Å². The number of carbonyl (C=O) groups is 2. The van der Waals surface area contributed by atoms with Crippen molar-refractivity contribution in [3.05, 3.63) is 30.1 Å². The van der Waals surface area contributed by atoms with Crippen LogP contribution in [0.5, 0.6) is 11.5 Å². The second-order valence-corrected chi connectivity index (χ2v) is 8.83. The molecule has 3 heterocycles. The Morgan fingerprint density at radius 3 is 2.68 bits per heavy atom. The second kappa shape index (κ2) is 6.97. The van der Waals surface area contributed by atoms with E-state index in [1.54, 1.807) is 48.0 Å². The average molecular weight is 404 g/mol. The fraction of sp³-hybridized carbons (Fsp3) is 0.471. The number of β-lactam (4-membered cyclic amide) rings is 1. The summed E-state index contributed by atoms with van der Waals surface area (Å²) in [5.41, 5.74) is 0. The summed E-state index contributed by atoms with van der Waals surface area (Å²) in [5, 5.41) is 16.5. The molecule has 2 fully saturated rings. The van der Waals surface area contributed by atoms with E-state index < -0.39 is 6.04 Å². The Labute approximate surface area is 165 Å². The monoisotopic (exact) mass is 404 g/mol. The molecular formula is C17H20N6O4S. The number of carbonyl (C=O) groups excluding carboxylic acids is 2. The number of nitrogens with one attached hydrogen (secondary N) is 2. The lowest BCUT2D eigenvalue weighted by Crippen LogP contribution is -2.68. The third-order valence-corrected chi connectivity index (χ3v) is 6.38. The van der Waals surface area contributed by atoms with E-state index in [-0.39, 0.29) is 34.6 Å². The van der Waals surface area contributed by atoms with Crippen LogP contribution >= 0.6 is 11.8 Å². The summed E-state index contributed by atoms with van der Waals surface area (Å²) in [7, 11) is 1.58. The van der Waals surface area contributed by atoms with Crippen molar-refractivity contribution < 1.29 is 19.1 Å². The van der Waals surface area contributed by atoms with E-state index in [1.807, 2.05) is 13.8 Å². The molecule has 2 aliphatic rings. The van der Waals surface area contributed by atoms with Crippen molar-refractivity contribution in [3.8, 4) is 11.5 Å². The van der Waals surface area contributed by atoms with Crippen LogP contribution in [0.3, 0.4) is 0 Å². The zero-order valence-corrected chi connectivity index (χ0v) is 16.4. The number of aromatic amines is 1. The van der Waals surface area contributed by atoms with Gasteiger partial charge in [0.15, 0.2) is 12.4 Å². The minimum absolute atomic E-state index is 0.151. The molecule has 0 aliphatic carbocycles. The highest BCUT2D eigenvalue weighted by Gasteiger charge is 2.63. The molecule has 10 nitrogen and oxygen atoms in total. The van der Waals surface area contributed by atoms with Crippen molar-refractivity contribution in [3.63, 3.8) is 0 Å². The molecule has 28 heavy (non-hydrogen) atoms. The van der Waals surface area contributed by atoms with Crippen LogP contribution < -0.4 is 14.8 Å². The number of aromatic nitrogens is 4. The molecule has 0 spiro atoms. The summed E-state index contributed by atoms with van der Waals surface area (Å²) in [5.74, 6) is 1.29. The van der Waals surface area contributed by atoms with Crippen LogP contribution in [0.4, 0.5) is 0 Å². The number of hydrogen-bond acceptors (Lipinski definition) is 8. The molecule has 2 saturated heterocycles. The van der Waals surface area contributed by atoms with E-state index in [0.29, 0.717) is 17.3 Å². The number of benzene rings is 1. The van der Waals surface area contributed by atoms with E-state index >= 15 is 0 Å². The number of H-pyrrole nitrogens is 1. The maximum atomic E-state index is 12.7. The van der Waals surface area contributed by atoms with Crippen molar-refractivity contribution in [1.29, 1.82) is 0 Å². The maximum absolute atomic E-state index is 12.7. The van der Waals surface area contributed by atoms with Gasteiger partial charge >= 0.3 is 0 Å². The van der Waals surface area contributed by atoms with Crippen LogP contribution in [0.15, 0.2) is 24.3 Å². The predicted molar refractivity (Wildman–Crippen MR) is 99.6 cm³/mol. The lowest BCUT2D eigenvalue weighted by molar-refractivity contribution is -0.152. The van der Waals surface area contributed by atoms with Gasteiger partial charge in [-0.1, -0.05) is 0 Å². The summed E-state index contributed by atoms with van der Waals surface area (Å²) in [4.78, 5) is 26.7. The predicted octanol–water partition coefficient (Wildman–Crippen LogP) is 0.507. The molecule has 0 bridgehead atoms. The van der Waals surface area contributed by atoms with Crippen LogP contribution in [0, 0.1) is 0 Å². The number of fused-ring (bicyclic) bond motifs is 1. The summed E-state index contributed by atoms with van der Waals surface area (Å²) in [6.45, 7) is 3.89. The molecule has 148 valence electrons. The van der Waals surface area contributed by atoms with Gasteiger partial charge in [-0.3, -0.25) is 9.59 Å². The highest BCUT2D eigenvalue weighted by atomic mass is 32.2. The first-order valence-electron chi connectivity index (χ1n) is 8.70. The normalized spacial score (nSPS) is 25.0. The smallest absolute Gasteiger partial charge is 0.258 e. The summed E-state index contributed by atoms with van der Waals surface area (Å²) < 4.78 is 10.3. The lowest BCUT2D eigenvalue weighted by atomic mass is 9.95. The Morgan fingerprint density at radius 2 is 2.04 bits per heavy atom.